The van der Waals surface area contributed by atoms with Crippen molar-refractivity contribution in [2.75, 3.05) is 26.2 Å². The second kappa shape index (κ2) is 6.43. The average Bonchev–Trinajstić information content (AvgIpc) is 2.82. The van der Waals surface area contributed by atoms with E-state index in [0.717, 1.165) is 19.6 Å². The predicted molar refractivity (Wildman–Crippen MR) is 76.5 cm³/mol. The summed E-state index contributed by atoms with van der Waals surface area (Å²) in [5.74, 6) is 0.710. The molecule has 0 amide bonds. The summed E-state index contributed by atoms with van der Waals surface area (Å²) < 4.78 is 30.3. The lowest BCUT2D eigenvalue weighted by Crippen LogP contribution is -2.44. The van der Waals surface area contributed by atoms with Gasteiger partial charge in [-0.2, -0.15) is 0 Å². The molecule has 0 bridgehead atoms. The Balaban J connectivity index is 2.14. The fourth-order valence-electron chi connectivity index (χ4n) is 2.38. The summed E-state index contributed by atoms with van der Waals surface area (Å²) in [5, 5.41) is -0.0841. The van der Waals surface area contributed by atoms with Gasteiger partial charge in [0.25, 0.3) is 9.05 Å². The molecule has 2 heterocycles. The number of nitrogens with zero attached hydrogens (tertiary/aromatic N) is 3. The average molecular weight is 322 g/mol. The Morgan fingerprint density at radius 3 is 2.85 bits per heavy atom. The highest BCUT2D eigenvalue weighted by molar-refractivity contribution is 8.13. The Bertz CT molecular complexity index is 558. The highest BCUT2D eigenvalue weighted by Gasteiger charge is 2.23. The number of likely N-dealkylation sites (N-methyl/N-ethyl adjacent to an activating group) is 1. The van der Waals surface area contributed by atoms with Crippen LogP contribution in [0.15, 0.2) is 11.2 Å². The number of hydrogen-bond acceptors (Lipinski definition) is 5. The first-order chi connectivity index (χ1) is 9.44. The van der Waals surface area contributed by atoms with E-state index in [4.69, 9.17) is 15.4 Å². The van der Waals surface area contributed by atoms with Gasteiger partial charge in [0, 0.05) is 36.4 Å². The maximum absolute atomic E-state index is 11.4. The molecule has 6 nitrogen and oxygen atoms in total. The number of rotatable bonds is 5. The van der Waals surface area contributed by atoms with Gasteiger partial charge < -0.3 is 9.30 Å². The molecule has 0 aromatic carbocycles. The fourth-order valence-corrected chi connectivity index (χ4v) is 3.07. The van der Waals surface area contributed by atoms with Crippen LogP contribution in [-0.4, -0.2) is 55.2 Å². The van der Waals surface area contributed by atoms with E-state index in [1.165, 1.54) is 6.20 Å². The van der Waals surface area contributed by atoms with E-state index >= 15 is 0 Å². The normalized spacial score (nSPS) is 21.2. The van der Waals surface area contributed by atoms with Crippen LogP contribution in [0.1, 0.15) is 19.7 Å². The number of aryl methyl sites for hydroxylation is 1. The largest absolute Gasteiger partial charge is 0.374 e. The Morgan fingerprint density at radius 1 is 1.50 bits per heavy atom. The molecular formula is C12H20ClN3O3S. The SMILES string of the molecule is CCc1nc(S(=O)(=O)Cl)cn1CC1CN(CC)CCO1. The lowest BCUT2D eigenvalue weighted by Gasteiger charge is -2.32. The number of morpholine rings is 1. The maximum atomic E-state index is 11.4. The van der Waals surface area contributed by atoms with Crippen molar-refractivity contribution in [2.45, 2.75) is 37.9 Å². The Labute approximate surface area is 124 Å². The summed E-state index contributed by atoms with van der Waals surface area (Å²) >= 11 is 0. The monoisotopic (exact) mass is 321 g/mol. The third kappa shape index (κ3) is 3.72. The number of hydrogen-bond donors (Lipinski definition) is 0. The molecule has 1 fully saturated rings. The van der Waals surface area contributed by atoms with Crippen LogP contribution in [0.4, 0.5) is 0 Å². The van der Waals surface area contributed by atoms with Gasteiger partial charge in [-0.25, -0.2) is 13.4 Å². The first kappa shape index (κ1) is 15.8. The van der Waals surface area contributed by atoms with Crippen molar-refractivity contribution in [3.8, 4) is 0 Å². The molecule has 0 N–H and O–H groups in total. The molecule has 0 aliphatic carbocycles. The van der Waals surface area contributed by atoms with Gasteiger partial charge in [-0.05, 0) is 6.54 Å². The van der Waals surface area contributed by atoms with Crippen molar-refractivity contribution >= 4 is 19.7 Å². The van der Waals surface area contributed by atoms with Gasteiger partial charge in [0.15, 0.2) is 5.03 Å². The molecule has 0 saturated carbocycles. The molecule has 1 atom stereocenters. The molecule has 0 spiro atoms. The van der Waals surface area contributed by atoms with Crippen LogP contribution in [0.3, 0.4) is 0 Å². The minimum atomic E-state index is -3.78. The fraction of sp³-hybridized carbons (Fsp3) is 0.750. The van der Waals surface area contributed by atoms with Crippen molar-refractivity contribution in [1.29, 1.82) is 0 Å². The van der Waals surface area contributed by atoms with E-state index in [9.17, 15) is 8.42 Å². The summed E-state index contributed by atoms with van der Waals surface area (Å²) in [6, 6.07) is 0. The second-order valence-electron chi connectivity index (χ2n) is 4.83. The molecular weight excluding hydrogens is 302 g/mol. The Kier molecular flexibility index (Phi) is 5.06. The number of aromatic nitrogens is 2. The minimum absolute atomic E-state index is 0.0501. The maximum Gasteiger partial charge on any atom is 0.280 e. The third-order valence-electron chi connectivity index (χ3n) is 3.47. The van der Waals surface area contributed by atoms with Gasteiger partial charge in [-0.3, -0.25) is 4.90 Å². The summed E-state index contributed by atoms with van der Waals surface area (Å²) in [7, 11) is 1.56. The van der Waals surface area contributed by atoms with Crippen molar-refractivity contribution in [2.24, 2.45) is 0 Å². The van der Waals surface area contributed by atoms with Crippen LogP contribution < -0.4 is 0 Å². The van der Waals surface area contributed by atoms with E-state index < -0.39 is 9.05 Å². The van der Waals surface area contributed by atoms with E-state index in [0.29, 0.717) is 25.4 Å². The summed E-state index contributed by atoms with van der Waals surface area (Å²) in [6.07, 6.45) is 2.19. The standard InChI is InChI=1S/C12H20ClN3O3S/c1-3-11-14-12(20(13,17)18)9-16(11)8-10-7-15(4-2)5-6-19-10/h9-10H,3-8H2,1-2H3. The number of halogens is 1. The van der Waals surface area contributed by atoms with E-state index in [-0.39, 0.29) is 11.1 Å². The molecule has 1 aliphatic rings. The number of imidazole rings is 1. The lowest BCUT2D eigenvalue weighted by atomic mass is 10.2. The molecule has 1 saturated heterocycles. The predicted octanol–water partition coefficient (Wildman–Crippen LogP) is 1.09. The Hall–Kier alpha value is -0.630. The van der Waals surface area contributed by atoms with E-state index in [1.807, 2.05) is 11.5 Å². The van der Waals surface area contributed by atoms with Crippen LogP contribution in [-0.2, 0) is 26.8 Å². The van der Waals surface area contributed by atoms with Gasteiger partial charge in [0.1, 0.15) is 5.82 Å². The molecule has 1 aromatic heterocycles. The minimum Gasteiger partial charge on any atom is -0.374 e. The zero-order valence-corrected chi connectivity index (χ0v) is 13.3. The van der Waals surface area contributed by atoms with Gasteiger partial charge in [0.2, 0.25) is 0 Å². The quantitative estimate of drug-likeness (QED) is 0.760. The molecule has 1 unspecified atom stereocenters. The zero-order valence-electron chi connectivity index (χ0n) is 11.7. The highest BCUT2D eigenvalue weighted by atomic mass is 35.7. The molecule has 0 radical (unpaired) electrons. The molecule has 2 rings (SSSR count). The van der Waals surface area contributed by atoms with Crippen molar-refractivity contribution in [3.05, 3.63) is 12.0 Å². The van der Waals surface area contributed by atoms with Crippen molar-refractivity contribution < 1.29 is 13.2 Å². The van der Waals surface area contributed by atoms with Gasteiger partial charge >= 0.3 is 0 Å². The van der Waals surface area contributed by atoms with E-state index in [1.54, 1.807) is 0 Å². The van der Waals surface area contributed by atoms with Crippen LogP contribution in [0, 0.1) is 0 Å². The van der Waals surface area contributed by atoms with Crippen LogP contribution in [0.2, 0.25) is 0 Å². The smallest absolute Gasteiger partial charge is 0.280 e. The number of ether oxygens (including phenoxy) is 1. The topological polar surface area (TPSA) is 64.4 Å². The summed E-state index contributed by atoms with van der Waals surface area (Å²) in [4.78, 5) is 6.39. The molecule has 1 aromatic rings. The van der Waals surface area contributed by atoms with Crippen molar-refractivity contribution in [3.63, 3.8) is 0 Å². The molecule has 1 aliphatic heterocycles. The Morgan fingerprint density at radius 2 is 2.25 bits per heavy atom. The summed E-state index contributed by atoms with van der Waals surface area (Å²) in [5.41, 5.74) is 0. The first-order valence-electron chi connectivity index (χ1n) is 6.78. The van der Waals surface area contributed by atoms with Gasteiger partial charge in [-0.15, -0.1) is 0 Å². The molecule has 114 valence electrons. The van der Waals surface area contributed by atoms with Crippen LogP contribution >= 0.6 is 10.7 Å². The van der Waals surface area contributed by atoms with E-state index in [2.05, 4.69) is 16.8 Å². The highest BCUT2D eigenvalue weighted by Crippen LogP contribution is 2.17. The third-order valence-corrected chi connectivity index (χ3v) is 4.64. The van der Waals surface area contributed by atoms with Crippen LogP contribution in [0.25, 0.3) is 0 Å². The summed E-state index contributed by atoms with van der Waals surface area (Å²) in [6.45, 7) is 8.14. The zero-order chi connectivity index (χ0) is 14.8. The first-order valence-corrected chi connectivity index (χ1v) is 9.09. The second-order valence-corrected chi connectivity index (χ2v) is 7.34. The molecule has 20 heavy (non-hydrogen) atoms. The lowest BCUT2D eigenvalue weighted by molar-refractivity contribution is -0.0346. The van der Waals surface area contributed by atoms with Gasteiger partial charge in [-0.1, -0.05) is 13.8 Å². The van der Waals surface area contributed by atoms with Crippen molar-refractivity contribution in [1.82, 2.24) is 14.5 Å². The van der Waals surface area contributed by atoms with Gasteiger partial charge in [0.05, 0.1) is 19.3 Å². The molecule has 8 heteroatoms. The van der Waals surface area contributed by atoms with Crippen LogP contribution in [0.5, 0.6) is 0 Å².